The fraction of sp³-hybridized carbons (Fsp3) is 0.217. The predicted molar refractivity (Wildman–Crippen MR) is 117 cm³/mol. The first-order valence-corrected chi connectivity index (χ1v) is 9.79. The van der Waals surface area contributed by atoms with Gasteiger partial charge in [0.25, 0.3) is 0 Å². The summed E-state index contributed by atoms with van der Waals surface area (Å²) < 4.78 is 13.8. The minimum absolute atomic E-state index is 0.286. The van der Waals surface area contributed by atoms with Crippen LogP contribution in [-0.2, 0) is 13.7 Å². The van der Waals surface area contributed by atoms with Crippen molar-refractivity contribution in [3.05, 3.63) is 81.9 Å². The summed E-state index contributed by atoms with van der Waals surface area (Å²) in [7, 11) is 3.16. The van der Waals surface area contributed by atoms with Crippen LogP contribution in [0.1, 0.15) is 16.7 Å². The molecule has 0 atom stereocenters. The van der Waals surface area contributed by atoms with E-state index in [1.54, 1.807) is 20.4 Å². The Kier molecular flexibility index (Phi) is 5.53. The van der Waals surface area contributed by atoms with E-state index in [9.17, 15) is 4.79 Å². The average molecular weight is 417 g/mol. The number of ether oxygens (including phenoxy) is 2. The summed E-state index contributed by atoms with van der Waals surface area (Å²) in [6.45, 7) is 4.31. The Hall–Kier alpha value is -3.94. The quantitative estimate of drug-likeness (QED) is 0.479. The highest BCUT2D eigenvalue weighted by molar-refractivity contribution is 5.68. The van der Waals surface area contributed by atoms with E-state index in [-0.39, 0.29) is 12.3 Å². The Balaban J connectivity index is 1.63. The van der Waals surface area contributed by atoms with Gasteiger partial charge in [-0.2, -0.15) is 9.36 Å². The van der Waals surface area contributed by atoms with Crippen LogP contribution >= 0.6 is 0 Å². The standard InChI is InChI=1S/C23H23N5O3/c1-15-6-5-7-21(28-23(29)27(3)25-26-28)20(15)14-31-18-10-8-16(2)19(12-18)17-9-11-22(30-4)24-13-17/h5-13H,14H2,1-4H3. The van der Waals surface area contributed by atoms with Crippen LogP contribution < -0.4 is 15.2 Å². The molecule has 0 fully saturated rings. The summed E-state index contributed by atoms with van der Waals surface area (Å²) in [4.78, 5) is 16.6. The van der Waals surface area contributed by atoms with Crippen molar-refractivity contribution in [2.24, 2.45) is 7.05 Å². The molecular formula is C23H23N5O3. The third kappa shape index (κ3) is 4.05. The Bertz CT molecular complexity index is 1280. The maximum absolute atomic E-state index is 12.3. The summed E-state index contributed by atoms with van der Waals surface area (Å²) >= 11 is 0. The lowest BCUT2D eigenvalue weighted by Crippen LogP contribution is -2.23. The Morgan fingerprint density at radius 2 is 1.84 bits per heavy atom. The molecule has 0 spiro atoms. The van der Waals surface area contributed by atoms with Crippen molar-refractivity contribution in [3.8, 4) is 28.4 Å². The molecule has 0 amide bonds. The lowest BCUT2D eigenvalue weighted by atomic mass is 10.0. The molecule has 31 heavy (non-hydrogen) atoms. The van der Waals surface area contributed by atoms with Gasteiger partial charge in [0.1, 0.15) is 12.4 Å². The molecule has 2 aromatic carbocycles. The van der Waals surface area contributed by atoms with Crippen molar-refractivity contribution in [1.82, 2.24) is 24.8 Å². The van der Waals surface area contributed by atoms with Gasteiger partial charge in [0.15, 0.2) is 0 Å². The first kappa shape index (κ1) is 20.3. The number of methoxy groups -OCH3 is 1. The van der Waals surface area contributed by atoms with E-state index in [1.165, 1.54) is 9.36 Å². The molecule has 0 radical (unpaired) electrons. The summed E-state index contributed by atoms with van der Waals surface area (Å²) in [5.74, 6) is 1.29. The van der Waals surface area contributed by atoms with Gasteiger partial charge in [-0.15, -0.1) is 0 Å². The van der Waals surface area contributed by atoms with E-state index in [0.29, 0.717) is 11.6 Å². The third-order valence-electron chi connectivity index (χ3n) is 5.18. The zero-order valence-electron chi connectivity index (χ0n) is 17.9. The van der Waals surface area contributed by atoms with Crippen molar-refractivity contribution >= 4 is 0 Å². The Morgan fingerprint density at radius 3 is 2.52 bits per heavy atom. The van der Waals surface area contributed by atoms with Crippen LogP contribution in [0, 0.1) is 13.8 Å². The molecule has 2 heterocycles. The van der Waals surface area contributed by atoms with Gasteiger partial charge >= 0.3 is 5.69 Å². The number of aryl methyl sites for hydroxylation is 3. The van der Waals surface area contributed by atoms with Gasteiger partial charge in [0, 0.05) is 30.4 Å². The van der Waals surface area contributed by atoms with Gasteiger partial charge in [-0.3, -0.25) is 0 Å². The van der Waals surface area contributed by atoms with Crippen LogP contribution in [-0.4, -0.2) is 31.9 Å². The predicted octanol–water partition coefficient (Wildman–Crippen LogP) is 3.23. The number of nitrogens with zero attached hydrogens (tertiary/aromatic N) is 5. The van der Waals surface area contributed by atoms with Crippen LogP contribution in [0.2, 0.25) is 0 Å². The zero-order chi connectivity index (χ0) is 22.0. The monoisotopic (exact) mass is 417 g/mol. The molecule has 158 valence electrons. The number of tetrazole rings is 1. The van der Waals surface area contributed by atoms with E-state index >= 15 is 0 Å². The second-order valence-electron chi connectivity index (χ2n) is 7.22. The summed E-state index contributed by atoms with van der Waals surface area (Å²) in [5, 5.41) is 7.78. The molecule has 0 aliphatic rings. The molecule has 0 aliphatic heterocycles. The van der Waals surface area contributed by atoms with Crippen molar-refractivity contribution < 1.29 is 9.47 Å². The van der Waals surface area contributed by atoms with Crippen molar-refractivity contribution in [1.29, 1.82) is 0 Å². The third-order valence-corrected chi connectivity index (χ3v) is 5.18. The fourth-order valence-corrected chi connectivity index (χ4v) is 3.36. The second kappa shape index (κ2) is 8.43. The number of pyridine rings is 1. The molecular weight excluding hydrogens is 394 g/mol. The molecule has 4 rings (SSSR count). The highest BCUT2D eigenvalue weighted by Crippen LogP contribution is 2.29. The first-order chi connectivity index (χ1) is 15.0. The van der Waals surface area contributed by atoms with E-state index in [2.05, 4.69) is 15.4 Å². The molecule has 0 bridgehead atoms. The van der Waals surface area contributed by atoms with Gasteiger partial charge < -0.3 is 9.47 Å². The van der Waals surface area contributed by atoms with Gasteiger partial charge in [-0.1, -0.05) is 18.2 Å². The van der Waals surface area contributed by atoms with E-state index in [1.807, 2.05) is 62.4 Å². The van der Waals surface area contributed by atoms with Crippen LogP contribution in [0.5, 0.6) is 11.6 Å². The highest BCUT2D eigenvalue weighted by atomic mass is 16.5. The lowest BCUT2D eigenvalue weighted by molar-refractivity contribution is 0.305. The Morgan fingerprint density at radius 1 is 1.00 bits per heavy atom. The van der Waals surface area contributed by atoms with Crippen LogP contribution in [0.25, 0.3) is 16.8 Å². The second-order valence-corrected chi connectivity index (χ2v) is 7.22. The lowest BCUT2D eigenvalue weighted by Gasteiger charge is -2.14. The van der Waals surface area contributed by atoms with Gasteiger partial charge in [-0.05, 0) is 65.2 Å². The highest BCUT2D eigenvalue weighted by Gasteiger charge is 2.14. The Labute approximate surface area is 179 Å². The first-order valence-electron chi connectivity index (χ1n) is 9.79. The molecule has 0 saturated carbocycles. The number of hydrogen-bond donors (Lipinski definition) is 0. The molecule has 0 aliphatic carbocycles. The van der Waals surface area contributed by atoms with Crippen LogP contribution in [0.15, 0.2) is 59.5 Å². The van der Waals surface area contributed by atoms with Crippen LogP contribution in [0.3, 0.4) is 0 Å². The molecule has 4 aromatic rings. The fourth-order valence-electron chi connectivity index (χ4n) is 3.36. The topological polar surface area (TPSA) is 84.1 Å². The smallest absolute Gasteiger partial charge is 0.368 e. The normalized spacial score (nSPS) is 10.8. The van der Waals surface area contributed by atoms with Crippen LogP contribution in [0.4, 0.5) is 0 Å². The largest absolute Gasteiger partial charge is 0.489 e. The zero-order valence-corrected chi connectivity index (χ0v) is 17.9. The molecule has 8 nitrogen and oxygen atoms in total. The number of aromatic nitrogens is 5. The minimum Gasteiger partial charge on any atom is -0.489 e. The van der Waals surface area contributed by atoms with E-state index < -0.39 is 0 Å². The SMILES string of the molecule is COc1ccc(-c2cc(OCc3c(C)cccc3-n3nnn(C)c3=O)ccc2C)cn1. The summed E-state index contributed by atoms with van der Waals surface area (Å²) in [6.07, 6.45) is 1.78. The van der Waals surface area contributed by atoms with Crippen molar-refractivity contribution in [2.75, 3.05) is 7.11 Å². The number of hydrogen-bond acceptors (Lipinski definition) is 6. The van der Waals surface area contributed by atoms with E-state index in [4.69, 9.17) is 9.47 Å². The van der Waals surface area contributed by atoms with Crippen molar-refractivity contribution in [3.63, 3.8) is 0 Å². The number of rotatable bonds is 6. The molecule has 8 heteroatoms. The molecule has 0 saturated heterocycles. The maximum Gasteiger partial charge on any atom is 0.368 e. The molecule has 0 N–H and O–H groups in total. The number of benzene rings is 2. The molecule has 0 unspecified atom stereocenters. The van der Waals surface area contributed by atoms with Gasteiger partial charge in [0.2, 0.25) is 5.88 Å². The van der Waals surface area contributed by atoms with Crippen molar-refractivity contribution in [2.45, 2.75) is 20.5 Å². The van der Waals surface area contributed by atoms with Gasteiger partial charge in [0.05, 0.1) is 12.8 Å². The minimum atomic E-state index is -0.309. The maximum atomic E-state index is 12.3. The molecule has 2 aromatic heterocycles. The average Bonchev–Trinajstić information content (AvgIpc) is 3.12. The van der Waals surface area contributed by atoms with Gasteiger partial charge in [-0.25, -0.2) is 9.78 Å². The summed E-state index contributed by atoms with van der Waals surface area (Å²) in [5.41, 5.74) is 5.35. The van der Waals surface area contributed by atoms with E-state index in [0.717, 1.165) is 33.6 Å². The summed E-state index contributed by atoms with van der Waals surface area (Å²) in [6, 6.07) is 15.4.